The number of fused-ring (bicyclic) bond motifs is 3. The molecular weight excluding hydrogens is 272 g/mol. The van der Waals surface area contributed by atoms with Crippen LogP contribution in [0.5, 0.6) is 5.75 Å². The zero-order valence-electron chi connectivity index (χ0n) is 14.5. The maximum absolute atomic E-state index is 12.4. The molecule has 120 valence electrons. The van der Waals surface area contributed by atoms with Gasteiger partial charge >= 0.3 is 0 Å². The Labute approximate surface area is 133 Å². The third kappa shape index (κ3) is 2.03. The van der Waals surface area contributed by atoms with Gasteiger partial charge in [0.15, 0.2) is 0 Å². The molecule has 1 N–H and O–H groups in total. The van der Waals surface area contributed by atoms with E-state index in [0.29, 0.717) is 29.8 Å². The molecule has 22 heavy (non-hydrogen) atoms. The monoisotopic (exact) mass is 300 g/mol. The Balaban J connectivity index is 2.15. The fraction of sp³-hybridized carbons (Fsp3) is 0.650. The SMILES string of the molecule is CC(C)c1cc(O)c2c(c1)CC[C@@H]1C(C)(C)C(=O)CC[C@]21C. The molecule has 0 radical (unpaired) electrons. The zero-order valence-corrected chi connectivity index (χ0v) is 14.5. The van der Waals surface area contributed by atoms with Gasteiger partial charge in [-0.25, -0.2) is 0 Å². The van der Waals surface area contributed by atoms with Crippen LogP contribution in [-0.4, -0.2) is 10.9 Å². The van der Waals surface area contributed by atoms with Crippen molar-refractivity contribution in [1.82, 2.24) is 0 Å². The standard InChI is InChI=1S/C20H28O2/c1-12(2)14-10-13-6-7-16-19(3,4)17(22)8-9-20(16,5)18(13)15(21)11-14/h10-12,16,21H,6-9H2,1-5H3/t16-,20+/m1/s1. The van der Waals surface area contributed by atoms with Crippen LogP contribution in [0.25, 0.3) is 0 Å². The van der Waals surface area contributed by atoms with E-state index in [2.05, 4.69) is 40.7 Å². The number of carbonyl (C=O) groups excluding carboxylic acids is 1. The number of phenolic OH excluding ortho intramolecular Hbond substituents is 1. The van der Waals surface area contributed by atoms with Gasteiger partial charge in [0.2, 0.25) is 0 Å². The highest BCUT2D eigenvalue weighted by Gasteiger charge is 2.54. The molecule has 0 saturated heterocycles. The van der Waals surface area contributed by atoms with E-state index in [1.165, 1.54) is 11.1 Å². The van der Waals surface area contributed by atoms with Crippen molar-refractivity contribution in [3.8, 4) is 5.75 Å². The van der Waals surface area contributed by atoms with Crippen molar-refractivity contribution in [3.05, 3.63) is 28.8 Å². The third-order valence-corrected chi connectivity index (χ3v) is 6.39. The molecule has 2 aliphatic rings. The summed E-state index contributed by atoms with van der Waals surface area (Å²) in [4.78, 5) is 12.4. The number of Topliss-reactive ketones (excluding diaryl/α,β-unsaturated/α-hetero) is 1. The number of hydrogen-bond acceptors (Lipinski definition) is 2. The summed E-state index contributed by atoms with van der Waals surface area (Å²) in [6, 6.07) is 4.23. The molecule has 1 fully saturated rings. The van der Waals surface area contributed by atoms with Crippen LogP contribution in [0.15, 0.2) is 12.1 Å². The van der Waals surface area contributed by atoms with Gasteiger partial charge in [0.25, 0.3) is 0 Å². The minimum atomic E-state index is -0.284. The second-order valence-corrected chi connectivity index (χ2v) is 8.38. The first-order valence-corrected chi connectivity index (χ1v) is 8.57. The average molecular weight is 300 g/mol. The number of benzene rings is 1. The fourth-order valence-electron chi connectivity index (χ4n) is 5.04. The quantitative estimate of drug-likeness (QED) is 0.814. The van der Waals surface area contributed by atoms with Crippen LogP contribution in [0.2, 0.25) is 0 Å². The first-order chi connectivity index (χ1) is 10.2. The van der Waals surface area contributed by atoms with Crippen LogP contribution in [0.4, 0.5) is 0 Å². The second-order valence-electron chi connectivity index (χ2n) is 8.38. The number of rotatable bonds is 1. The van der Waals surface area contributed by atoms with Crippen LogP contribution in [0, 0.1) is 11.3 Å². The van der Waals surface area contributed by atoms with Crippen LogP contribution in [0.1, 0.15) is 76.5 Å². The van der Waals surface area contributed by atoms with Crippen molar-refractivity contribution in [3.63, 3.8) is 0 Å². The molecule has 0 spiro atoms. The average Bonchev–Trinajstić information content (AvgIpc) is 2.42. The smallest absolute Gasteiger partial charge is 0.138 e. The van der Waals surface area contributed by atoms with Crippen molar-refractivity contribution in [1.29, 1.82) is 0 Å². The van der Waals surface area contributed by atoms with Gasteiger partial charge in [0, 0.05) is 22.8 Å². The van der Waals surface area contributed by atoms with E-state index in [9.17, 15) is 9.90 Å². The molecule has 2 heteroatoms. The number of aromatic hydroxyl groups is 1. The van der Waals surface area contributed by atoms with E-state index >= 15 is 0 Å². The maximum atomic E-state index is 12.4. The molecule has 0 aromatic heterocycles. The molecule has 2 aliphatic carbocycles. The minimum absolute atomic E-state index is 0.0788. The molecule has 0 bridgehead atoms. The lowest BCUT2D eigenvalue weighted by molar-refractivity contribution is -0.137. The predicted octanol–water partition coefficient (Wildman–Crippen LogP) is 4.72. The predicted molar refractivity (Wildman–Crippen MR) is 89.4 cm³/mol. The normalized spacial score (nSPS) is 30.1. The Morgan fingerprint density at radius 3 is 2.50 bits per heavy atom. The molecule has 0 heterocycles. The van der Waals surface area contributed by atoms with Gasteiger partial charge in [-0.2, -0.15) is 0 Å². The molecule has 0 amide bonds. The lowest BCUT2D eigenvalue weighted by Crippen LogP contribution is -2.52. The fourth-order valence-corrected chi connectivity index (χ4v) is 5.04. The van der Waals surface area contributed by atoms with E-state index in [1.54, 1.807) is 0 Å². The number of ketones is 1. The Morgan fingerprint density at radius 2 is 1.86 bits per heavy atom. The number of aryl methyl sites for hydroxylation is 1. The summed E-state index contributed by atoms with van der Waals surface area (Å²) in [5.41, 5.74) is 3.27. The van der Waals surface area contributed by atoms with Crippen LogP contribution in [-0.2, 0) is 16.6 Å². The van der Waals surface area contributed by atoms with Gasteiger partial charge in [-0.15, -0.1) is 0 Å². The lowest BCUT2D eigenvalue weighted by Gasteiger charge is -2.53. The lowest BCUT2D eigenvalue weighted by atomic mass is 9.50. The van der Waals surface area contributed by atoms with Crippen molar-refractivity contribution < 1.29 is 9.90 Å². The number of hydrogen-bond donors (Lipinski definition) is 1. The Kier molecular flexibility index (Phi) is 3.43. The molecular formula is C20H28O2. The van der Waals surface area contributed by atoms with Crippen molar-refractivity contribution >= 4 is 5.78 Å². The molecule has 0 unspecified atom stereocenters. The molecule has 1 aromatic carbocycles. The topological polar surface area (TPSA) is 37.3 Å². The number of carbonyl (C=O) groups is 1. The van der Waals surface area contributed by atoms with Gasteiger partial charge in [-0.3, -0.25) is 4.79 Å². The minimum Gasteiger partial charge on any atom is -0.508 e. The number of phenols is 1. The van der Waals surface area contributed by atoms with Gasteiger partial charge in [-0.05, 0) is 48.3 Å². The summed E-state index contributed by atoms with van der Waals surface area (Å²) in [6.07, 6.45) is 3.51. The summed E-state index contributed by atoms with van der Waals surface area (Å²) in [5.74, 6) is 1.57. The second kappa shape index (κ2) is 4.84. The highest BCUT2D eigenvalue weighted by atomic mass is 16.3. The highest BCUT2D eigenvalue weighted by Crippen LogP contribution is 2.57. The van der Waals surface area contributed by atoms with Crippen LogP contribution >= 0.6 is 0 Å². The molecule has 1 aromatic rings. The van der Waals surface area contributed by atoms with Gasteiger partial charge in [-0.1, -0.05) is 40.7 Å². The van der Waals surface area contributed by atoms with E-state index in [0.717, 1.165) is 24.8 Å². The van der Waals surface area contributed by atoms with E-state index in [4.69, 9.17) is 0 Å². The van der Waals surface area contributed by atoms with Gasteiger partial charge < -0.3 is 5.11 Å². The Hall–Kier alpha value is -1.31. The summed E-state index contributed by atoms with van der Waals surface area (Å²) >= 11 is 0. The maximum Gasteiger partial charge on any atom is 0.138 e. The Bertz CT molecular complexity index is 627. The molecule has 2 nitrogen and oxygen atoms in total. The summed E-state index contributed by atoms with van der Waals surface area (Å²) in [7, 11) is 0. The zero-order chi connectivity index (χ0) is 16.3. The van der Waals surface area contributed by atoms with E-state index in [-0.39, 0.29) is 10.8 Å². The van der Waals surface area contributed by atoms with E-state index in [1.807, 2.05) is 6.07 Å². The van der Waals surface area contributed by atoms with Gasteiger partial charge in [0.05, 0.1) is 0 Å². The van der Waals surface area contributed by atoms with Crippen molar-refractivity contribution in [2.45, 2.75) is 71.6 Å². The highest BCUT2D eigenvalue weighted by molar-refractivity contribution is 5.86. The summed E-state index contributed by atoms with van der Waals surface area (Å²) < 4.78 is 0. The molecule has 1 saturated carbocycles. The summed E-state index contributed by atoms with van der Waals surface area (Å²) in [6.45, 7) is 10.8. The molecule has 0 aliphatic heterocycles. The third-order valence-electron chi connectivity index (χ3n) is 6.39. The molecule has 3 rings (SSSR count). The van der Waals surface area contributed by atoms with Crippen molar-refractivity contribution in [2.24, 2.45) is 11.3 Å². The van der Waals surface area contributed by atoms with Gasteiger partial charge in [0.1, 0.15) is 11.5 Å². The van der Waals surface area contributed by atoms with Crippen molar-refractivity contribution in [2.75, 3.05) is 0 Å². The first kappa shape index (κ1) is 15.6. The summed E-state index contributed by atoms with van der Waals surface area (Å²) in [5, 5.41) is 10.7. The van der Waals surface area contributed by atoms with E-state index < -0.39 is 0 Å². The largest absolute Gasteiger partial charge is 0.508 e. The van der Waals surface area contributed by atoms with Crippen LogP contribution in [0.3, 0.4) is 0 Å². The molecule has 2 atom stereocenters. The first-order valence-electron chi connectivity index (χ1n) is 8.57. The Morgan fingerprint density at radius 1 is 1.18 bits per heavy atom. The van der Waals surface area contributed by atoms with Crippen LogP contribution < -0.4 is 0 Å².